The van der Waals surface area contributed by atoms with Gasteiger partial charge in [-0.05, 0) is 39.7 Å². The topological polar surface area (TPSA) is 29.5 Å². The summed E-state index contributed by atoms with van der Waals surface area (Å²) in [5.41, 5.74) is 1.78. The summed E-state index contributed by atoms with van der Waals surface area (Å²) in [7, 11) is 0. The highest BCUT2D eigenvalue weighted by Gasteiger charge is 2.04. The molecule has 1 N–H and O–H groups in total. The molecule has 4 heteroatoms. The number of rotatable bonds is 4. The molecule has 0 saturated carbocycles. The summed E-state index contributed by atoms with van der Waals surface area (Å²) in [6.07, 6.45) is 0. The Morgan fingerprint density at radius 1 is 1.17 bits per heavy atom. The van der Waals surface area contributed by atoms with E-state index in [-0.39, 0.29) is 6.61 Å². The molecule has 18 heavy (non-hydrogen) atoms. The second-order valence-corrected chi connectivity index (χ2v) is 5.06. The Hall–Kier alpha value is -1.03. The summed E-state index contributed by atoms with van der Waals surface area (Å²) in [6, 6.07) is 13.1. The standard InChI is InChI=1S/C14H12BrClO2/c15-12-7-10(8-17)5-6-14(12)18-9-11-3-1-2-4-13(11)16/h1-7,17H,8-9H2. The van der Waals surface area contributed by atoms with Crippen molar-refractivity contribution < 1.29 is 9.84 Å². The van der Waals surface area contributed by atoms with Gasteiger partial charge in [0.2, 0.25) is 0 Å². The lowest BCUT2D eigenvalue weighted by Crippen LogP contribution is -1.97. The maximum atomic E-state index is 9.02. The molecule has 0 spiro atoms. The third kappa shape index (κ3) is 3.25. The van der Waals surface area contributed by atoms with Gasteiger partial charge in [0.05, 0.1) is 11.1 Å². The number of hydrogen-bond donors (Lipinski definition) is 1. The summed E-state index contributed by atoms with van der Waals surface area (Å²) in [5, 5.41) is 9.71. The Labute approximate surface area is 119 Å². The van der Waals surface area contributed by atoms with Crippen molar-refractivity contribution in [2.45, 2.75) is 13.2 Å². The molecule has 0 saturated heterocycles. The Morgan fingerprint density at radius 2 is 1.94 bits per heavy atom. The van der Waals surface area contributed by atoms with Gasteiger partial charge < -0.3 is 9.84 Å². The smallest absolute Gasteiger partial charge is 0.134 e. The summed E-state index contributed by atoms with van der Waals surface area (Å²) in [6.45, 7) is 0.431. The molecular weight excluding hydrogens is 316 g/mol. The molecule has 0 heterocycles. The average Bonchev–Trinajstić information content (AvgIpc) is 2.39. The zero-order chi connectivity index (χ0) is 13.0. The van der Waals surface area contributed by atoms with Crippen molar-refractivity contribution in [2.24, 2.45) is 0 Å². The molecule has 0 aromatic heterocycles. The zero-order valence-electron chi connectivity index (χ0n) is 9.57. The van der Waals surface area contributed by atoms with Gasteiger partial charge in [-0.3, -0.25) is 0 Å². The van der Waals surface area contributed by atoms with Crippen molar-refractivity contribution in [1.29, 1.82) is 0 Å². The van der Waals surface area contributed by atoms with Crippen LogP contribution in [0, 0.1) is 0 Å². The molecule has 0 fully saturated rings. The van der Waals surface area contributed by atoms with Crippen molar-refractivity contribution in [1.82, 2.24) is 0 Å². The number of benzene rings is 2. The van der Waals surface area contributed by atoms with Crippen LogP contribution in [0.2, 0.25) is 5.02 Å². The fraction of sp³-hybridized carbons (Fsp3) is 0.143. The predicted molar refractivity (Wildman–Crippen MR) is 75.8 cm³/mol. The molecule has 0 atom stereocenters. The van der Waals surface area contributed by atoms with Crippen molar-refractivity contribution >= 4 is 27.5 Å². The summed E-state index contributed by atoms with van der Waals surface area (Å²) < 4.78 is 6.51. The van der Waals surface area contributed by atoms with Gasteiger partial charge >= 0.3 is 0 Å². The number of aliphatic hydroxyl groups is 1. The van der Waals surface area contributed by atoms with Gasteiger partial charge in [0.15, 0.2) is 0 Å². The van der Waals surface area contributed by atoms with Crippen LogP contribution in [0.4, 0.5) is 0 Å². The fourth-order valence-electron chi connectivity index (χ4n) is 1.53. The summed E-state index contributed by atoms with van der Waals surface area (Å²) in [5.74, 6) is 0.729. The first-order chi connectivity index (χ1) is 8.70. The monoisotopic (exact) mass is 326 g/mol. The van der Waals surface area contributed by atoms with E-state index < -0.39 is 0 Å². The van der Waals surface area contributed by atoms with E-state index in [1.165, 1.54) is 0 Å². The Morgan fingerprint density at radius 3 is 2.61 bits per heavy atom. The van der Waals surface area contributed by atoms with Gasteiger partial charge in [-0.25, -0.2) is 0 Å². The van der Waals surface area contributed by atoms with Crippen LogP contribution in [-0.4, -0.2) is 5.11 Å². The minimum Gasteiger partial charge on any atom is -0.488 e. The second-order valence-electron chi connectivity index (χ2n) is 3.80. The average molecular weight is 328 g/mol. The van der Waals surface area contributed by atoms with Crippen molar-refractivity contribution in [2.75, 3.05) is 0 Å². The molecule has 0 amide bonds. The normalized spacial score (nSPS) is 10.4. The molecule has 0 unspecified atom stereocenters. The highest BCUT2D eigenvalue weighted by atomic mass is 79.9. The number of hydrogen-bond acceptors (Lipinski definition) is 2. The van der Waals surface area contributed by atoms with E-state index in [9.17, 15) is 0 Å². The zero-order valence-corrected chi connectivity index (χ0v) is 11.9. The van der Waals surface area contributed by atoms with Crippen LogP contribution in [0.15, 0.2) is 46.9 Å². The lowest BCUT2D eigenvalue weighted by Gasteiger charge is -2.10. The molecular formula is C14H12BrClO2. The first kappa shape index (κ1) is 13.4. The van der Waals surface area contributed by atoms with Crippen LogP contribution in [0.5, 0.6) is 5.75 Å². The van der Waals surface area contributed by atoms with E-state index in [2.05, 4.69) is 15.9 Å². The molecule has 0 aliphatic rings. The van der Waals surface area contributed by atoms with E-state index in [0.29, 0.717) is 11.6 Å². The molecule has 94 valence electrons. The quantitative estimate of drug-likeness (QED) is 0.913. The van der Waals surface area contributed by atoms with Gasteiger partial charge in [0.1, 0.15) is 12.4 Å². The van der Waals surface area contributed by atoms with Crippen LogP contribution < -0.4 is 4.74 Å². The first-order valence-electron chi connectivity index (χ1n) is 5.46. The van der Waals surface area contributed by atoms with Crippen molar-refractivity contribution in [3.8, 4) is 5.75 Å². The number of ether oxygens (including phenoxy) is 1. The van der Waals surface area contributed by atoms with Crippen molar-refractivity contribution in [3.05, 3.63) is 63.1 Å². The maximum Gasteiger partial charge on any atom is 0.134 e. The van der Waals surface area contributed by atoms with Crippen LogP contribution >= 0.6 is 27.5 Å². The number of aliphatic hydroxyl groups excluding tert-OH is 1. The van der Waals surface area contributed by atoms with Gasteiger partial charge in [0, 0.05) is 10.6 Å². The SMILES string of the molecule is OCc1ccc(OCc2ccccc2Cl)c(Br)c1. The Balaban J connectivity index is 2.09. The van der Waals surface area contributed by atoms with E-state index in [0.717, 1.165) is 21.3 Å². The summed E-state index contributed by atoms with van der Waals surface area (Å²) >= 11 is 9.46. The highest BCUT2D eigenvalue weighted by molar-refractivity contribution is 9.10. The van der Waals surface area contributed by atoms with Gasteiger partial charge in [-0.1, -0.05) is 35.9 Å². The molecule has 2 aromatic carbocycles. The Kier molecular flexibility index (Phi) is 4.64. The van der Waals surface area contributed by atoms with E-state index in [4.69, 9.17) is 21.4 Å². The molecule has 0 bridgehead atoms. The Bertz CT molecular complexity index is 543. The first-order valence-corrected chi connectivity index (χ1v) is 6.63. The third-order valence-corrected chi connectivity index (χ3v) is 3.51. The molecule has 2 aromatic rings. The van der Waals surface area contributed by atoms with E-state index in [1.807, 2.05) is 42.5 Å². The molecule has 0 aliphatic carbocycles. The van der Waals surface area contributed by atoms with Crippen molar-refractivity contribution in [3.63, 3.8) is 0 Å². The lowest BCUT2D eigenvalue weighted by molar-refractivity contribution is 0.280. The van der Waals surface area contributed by atoms with E-state index in [1.54, 1.807) is 0 Å². The minimum atomic E-state index is 0.0173. The second kappa shape index (κ2) is 6.23. The molecule has 2 rings (SSSR count). The molecule has 0 aliphatic heterocycles. The number of halogens is 2. The highest BCUT2D eigenvalue weighted by Crippen LogP contribution is 2.27. The largest absolute Gasteiger partial charge is 0.488 e. The molecule has 2 nitrogen and oxygen atoms in total. The lowest BCUT2D eigenvalue weighted by atomic mass is 10.2. The predicted octanol–water partition coefficient (Wildman–Crippen LogP) is 4.17. The van der Waals surface area contributed by atoms with Gasteiger partial charge in [-0.2, -0.15) is 0 Å². The van der Waals surface area contributed by atoms with Crippen LogP contribution in [0.25, 0.3) is 0 Å². The minimum absolute atomic E-state index is 0.0173. The van der Waals surface area contributed by atoms with Gasteiger partial charge in [-0.15, -0.1) is 0 Å². The van der Waals surface area contributed by atoms with E-state index >= 15 is 0 Å². The summed E-state index contributed by atoms with van der Waals surface area (Å²) in [4.78, 5) is 0. The van der Waals surface area contributed by atoms with Crippen LogP contribution in [0.1, 0.15) is 11.1 Å². The van der Waals surface area contributed by atoms with Crippen LogP contribution in [-0.2, 0) is 13.2 Å². The molecule has 0 radical (unpaired) electrons. The third-order valence-electron chi connectivity index (χ3n) is 2.52. The van der Waals surface area contributed by atoms with Crippen LogP contribution in [0.3, 0.4) is 0 Å². The fourth-order valence-corrected chi connectivity index (χ4v) is 2.26. The maximum absolute atomic E-state index is 9.02. The van der Waals surface area contributed by atoms with Gasteiger partial charge in [0.25, 0.3) is 0 Å².